The maximum absolute atomic E-state index is 12.3. The van der Waals surface area contributed by atoms with Gasteiger partial charge in [-0.3, -0.25) is 0 Å². The van der Waals surface area contributed by atoms with Crippen molar-refractivity contribution in [3.63, 3.8) is 0 Å². The molecule has 0 aliphatic rings. The summed E-state index contributed by atoms with van der Waals surface area (Å²) >= 11 is 1.94. The summed E-state index contributed by atoms with van der Waals surface area (Å²) in [5.74, 6) is 0. The number of hydrogen-bond donors (Lipinski definition) is 0. The standard InChI is InChI=1S/C8H5F3IN3/c1-15-6-5(14-7(15)12)2-4(3-13-6)8(9,10)11/h2-3H,1H3. The van der Waals surface area contributed by atoms with Gasteiger partial charge in [0.15, 0.2) is 9.48 Å². The number of aromatic nitrogens is 3. The second-order valence-electron chi connectivity index (χ2n) is 3.00. The van der Waals surface area contributed by atoms with Gasteiger partial charge in [0.1, 0.15) is 5.52 Å². The molecule has 0 aliphatic heterocycles. The SMILES string of the molecule is Cn1c(I)nc2cc(C(F)(F)F)cnc21. The first kappa shape index (κ1) is 10.7. The van der Waals surface area contributed by atoms with E-state index in [1.165, 1.54) is 0 Å². The topological polar surface area (TPSA) is 30.7 Å². The quantitative estimate of drug-likeness (QED) is 0.697. The largest absolute Gasteiger partial charge is 0.417 e. The van der Waals surface area contributed by atoms with Gasteiger partial charge in [-0.2, -0.15) is 13.2 Å². The highest BCUT2D eigenvalue weighted by molar-refractivity contribution is 14.1. The first-order valence-electron chi connectivity index (χ1n) is 3.95. The van der Waals surface area contributed by atoms with E-state index in [4.69, 9.17) is 0 Å². The number of alkyl halides is 3. The minimum Gasteiger partial charge on any atom is -0.307 e. The fourth-order valence-corrected chi connectivity index (χ4v) is 1.69. The van der Waals surface area contributed by atoms with E-state index in [9.17, 15) is 13.2 Å². The average molecular weight is 327 g/mol. The van der Waals surface area contributed by atoms with Gasteiger partial charge in [-0.1, -0.05) is 0 Å². The third-order valence-electron chi connectivity index (χ3n) is 1.98. The average Bonchev–Trinajstić information content (AvgIpc) is 2.41. The predicted octanol–water partition coefficient (Wildman–Crippen LogP) is 2.59. The van der Waals surface area contributed by atoms with E-state index in [0.717, 1.165) is 12.3 Å². The smallest absolute Gasteiger partial charge is 0.307 e. The van der Waals surface area contributed by atoms with Gasteiger partial charge < -0.3 is 4.57 Å². The van der Waals surface area contributed by atoms with Crippen LogP contribution in [0.5, 0.6) is 0 Å². The summed E-state index contributed by atoms with van der Waals surface area (Å²) in [6, 6.07) is 1.00. The van der Waals surface area contributed by atoms with Crippen LogP contribution in [0, 0.1) is 3.83 Å². The van der Waals surface area contributed by atoms with Crippen molar-refractivity contribution >= 4 is 33.8 Å². The molecule has 0 N–H and O–H groups in total. The molecule has 0 radical (unpaired) electrons. The van der Waals surface area contributed by atoms with Gasteiger partial charge in [0.2, 0.25) is 0 Å². The number of rotatable bonds is 0. The fourth-order valence-electron chi connectivity index (χ4n) is 1.20. The van der Waals surface area contributed by atoms with Crippen LogP contribution >= 0.6 is 22.6 Å². The van der Waals surface area contributed by atoms with Gasteiger partial charge in [-0.15, -0.1) is 0 Å². The Morgan fingerprint density at radius 2 is 2.07 bits per heavy atom. The van der Waals surface area contributed by atoms with Crippen LogP contribution in [0.25, 0.3) is 11.2 Å². The Kier molecular flexibility index (Phi) is 2.36. The van der Waals surface area contributed by atoms with E-state index in [-0.39, 0.29) is 5.52 Å². The number of nitrogens with zero attached hydrogens (tertiary/aromatic N) is 3. The molecular weight excluding hydrogens is 322 g/mol. The Balaban J connectivity index is 2.67. The molecule has 15 heavy (non-hydrogen) atoms. The zero-order valence-corrected chi connectivity index (χ0v) is 9.67. The summed E-state index contributed by atoms with van der Waals surface area (Å²) in [4.78, 5) is 7.72. The van der Waals surface area contributed by atoms with Crippen molar-refractivity contribution in [2.75, 3.05) is 0 Å². The fraction of sp³-hybridized carbons (Fsp3) is 0.250. The molecule has 2 aromatic heterocycles. The number of hydrogen-bond acceptors (Lipinski definition) is 2. The van der Waals surface area contributed by atoms with Crippen LogP contribution in [-0.2, 0) is 13.2 Å². The van der Waals surface area contributed by atoms with Gasteiger partial charge in [0.05, 0.1) is 5.56 Å². The monoisotopic (exact) mass is 327 g/mol. The van der Waals surface area contributed by atoms with Gasteiger partial charge >= 0.3 is 6.18 Å². The molecule has 3 nitrogen and oxygen atoms in total. The molecule has 0 saturated heterocycles. The second kappa shape index (κ2) is 3.32. The van der Waals surface area contributed by atoms with Crippen molar-refractivity contribution in [2.24, 2.45) is 7.05 Å². The summed E-state index contributed by atoms with van der Waals surface area (Å²) in [7, 11) is 1.71. The Morgan fingerprint density at radius 1 is 1.40 bits per heavy atom. The number of imidazole rings is 1. The number of aryl methyl sites for hydroxylation is 1. The minimum absolute atomic E-state index is 0.261. The van der Waals surface area contributed by atoms with Crippen LogP contribution in [0.2, 0.25) is 0 Å². The van der Waals surface area contributed by atoms with Gasteiger partial charge in [0, 0.05) is 35.8 Å². The first-order chi connectivity index (χ1) is 6.89. The zero-order chi connectivity index (χ0) is 11.2. The third kappa shape index (κ3) is 1.80. The summed E-state index contributed by atoms with van der Waals surface area (Å²) in [6.45, 7) is 0. The molecular formula is C8H5F3IN3. The van der Waals surface area contributed by atoms with Crippen molar-refractivity contribution in [1.29, 1.82) is 0 Å². The Bertz CT molecular complexity index is 518. The highest BCUT2D eigenvalue weighted by Crippen LogP contribution is 2.30. The Hall–Kier alpha value is -0.860. The van der Waals surface area contributed by atoms with Gasteiger partial charge in [0.25, 0.3) is 0 Å². The molecule has 0 bridgehead atoms. The lowest BCUT2D eigenvalue weighted by Crippen LogP contribution is -2.05. The van der Waals surface area contributed by atoms with Crippen molar-refractivity contribution < 1.29 is 13.2 Å². The van der Waals surface area contributed by atoms with Crippen LogP contribution in [0.3, 0.4) is 0 Å². The van der Waals surface area contributed by atoms with Crippen LogP contribution in [-0.4, -0.2) is 14.5 Å². The summed E-state index contributed by atoms with van der Waals surface area (Å²) in [5, 5.41) is 0. The molecule has 2 aromatic rings. The Morgan fingerprint density at radius 3 is 2.67 bits per heavy atom. The molecule has 0 aliphatic carbocycles. The van der Waals surface area contributed by atoms with E-state index < -0.39 is 11.7 Å². The summed E-state index contributed by atoms with van der Waals surface area (Å²) in [6.07, 6.45) is -3.55. The van der Waals surface area contributed by atoms with E-state index in [1.807, 2.05) is 22.6 Å². The maximum Gasteiger partial charge on any atom is 0.417 e. The van der Waals surface area contributed by atoms with Crippen LogP contribution < -0.4 is 0 Å². The molecule has 0 aromatic carbocycles. The van der Waals surface area contributed by atoms with E-state index in [1.54, 1.807) is 11.6 Å². The van der Waals surface area contributed by atoms with Crippen molar-refractivity contribution in [2.45, 2.75) is 6.18 Å². The molecule has 0 spiro atoms. The summed E-state index contributed by atoms with van der Waals surface area (Å²) in [5.41, 5.74) is -0.0615. The van der Waals surface area contributed by atoms with Crippen molar-refractivity contribution in [3.05, 3.63) is 21.7 Å². The first-order valence-corrected chi connectivity index (χ1v) is 5.02. The third-order valence-corrected chi connectivity index (χ3v) is 2.95. The lowest BCUT2D eigenvalue weighted by Gasteiger charge is -2.04. The highest BCUT2D eigenvalue weighted by atomic mass is 127. The maximum atomic E-state index is 12.3. The van der Waals surface area contributed by atoms with E-state index in [0.29, 0.717) is 9.48 Å². The number of halogens is 4. The van der Waals surface area contributed by atoms with Gasteiger partial charge in [-0.25, -0.2) is 9.97 Å². The molecule has 0 saturated carbocycles. The highest BCUT2D eigenvalue weighted by Gasteiger charge is 2.31. The lowest BCUT2D eigenvalue weighted by molar-refractivity contribution is -0.137. The number of fused-ring (bicyclic) bond motifs is 1. The molecule has 0 unspecified atom stereocenters. The van der Waals surface area contributed by atoms with Crippen LogP contribution in [0.15, 0.2) is 12.3 Å². The molecule has 7 heteroatoms. The van der Waals surface area contributed by atoms with Crippen molar-refractivity contribution in [3.8, 4) is 0 Å². The lowest BCUT2D eigenvalue weighted by atomic mass is 10.2. The Labute approximate surface area is 96.5 Å². The van der Waals surface area contributed by atoms with Crippen LogP contribution in [0.1, 0.15) is 5.56 Å². The van der Waals surface area contributed by atoms with Crippen LogP contribution in [0.4, 0.5) is 13.2 Å². The molecule has 0 atom stereocenters. The predicted molar refractivity (Wildman–Crippen MR) is 56.2 cm³/mol. The molecule has 0 amide bonds. The normalized spacial score (nSPS) is 12.3. The minimum atomic E-state index is -4.37. The number of pyridine rings is 1. The molecule has 2 rings (SSSR count). The zero-order valence-electron chi connectivity index (χ0n) is 7.51. The van der Waals surface area contributed by atoms with Crippen molar-refractivity contribution in [1.82, 2.24) is 14.5 Å². The van der Waals surface area contributed by atoms with E-state index in [2.05, 4.69) is 9.97 Å². The second-order valence-corrected chi connectivity index (χ2v) is 3.97. The van der Waals surface area contributed by atoms with Gasteiger partial charge in [-0.05, 0) is 6.07 Å². The molecule has 2 heterocycles. The molecule has 80 valence electrons. The van der Waals surface area contributed by atoms with E-state index >= 15 is 0 Å². The summed E-state index contributed by atoms with van der Waals surface area (Å²) < 4.78 is 39.3. The molecule has 0 fully saturated rings.